The van der Waals surface area contributed by atoms with Crippen molar-refractivity contribution >= 4 is 22.4 Å². The summed E-state index contributed by atoms with van der Waals surface area (Å²) in [6.45, 7) is 8.46. The van der Waals surface area contributed by atoms with Gasteiger partial charge in [-0.2, -0.15) is 5.10 Å². The Bertz CT molecular complexity index is 974. The number of nitrogens with zero attached hydrogens (tertiary/aromatic N) is 1. The first-order chi connectivity index (χ1) is 12.8. The standard InChI is InChI=1S/C24H26N2O/c1-17(21-11-7-9-19-8-5-6-10-22(19)21)25-26-23(27)16-18-12-14-20(15-13-18)24(2,3)4/h5-15H,16H2,1-4H3,(H,26,27). The van der Waals surface area contributed by atoms with E-state index in [-0.39, 0.29) is 11.3 Å². The molecule has 0 unspecified atom stereocenters. The number of amides is 1. The fourth-order valence-corrected chi connectivity index (χ4v) is 3.09. The van der Waals surface area contributed by atoms with E-state index in [4.69, 9.17) is 0 Å². The van der Waals surface area contributed by atoms with Crippen LogP contribution >= 0.6 is 0 Å². The van der Waals surface area contributed by atoms with Crippen LogP contribution in [0.5, 0.6) is 0 Å². The fraction of sp³-hybridized carbons (Fsp3) is 0.250. The molecule has 1 N–H and O–H groups in total. The van der Waals surface area contributed by atoms with Crippen LogP contribution in [0, 0.1) is 0 Å². The van der Waals surface area contributed by atoms with Gasteiger partial charge in [0.25, 0.3) is 0 Å². The summed E-state index contributed by atoms with van der Waals surface area (Å²) in [7, 11) is 0. The predicted octanol–water partition coefficient (Wildman–Crippen LogP) is 5.22. The van der Waals surface area contributed by atoms with Crippen LogP contribution in [0.2, 0.25) is 0 Å². The Kier molecular flexibility index (Phi) is 5.41. The molecule has 1 amide bonds. The molecule has 0 bridgehead atoms. The Labute approximate surface area is 161 Å². The van der Waals surface area contributed by atoms with E-state index >= 15 is 0 Å². The van der Waals surface area contributed by atoms with Crippen LogP contribution < -0.4 is 5.43 Å². The number of carbonyl (C=O) groups excluding carboxylic acids is 1. The van der Waals surface area contributed by atoms with Crippen molar-refractivity contribution in [1.29, 1.82) is 0 Å². The number of benzene rings is 3. The Morgan fingerprint density at radius 1 is 0.926 bits per heavy atom. The van der Waals surface area contributed by atoms with Crippen molar-refractivity contribution in [3.63, 3.8) is 0 Å². The second-order valence-corrected chi connectivity index (χ2v) is 7.88. The number of nitrogens with one attached hydrogen (secondary N) is 1. The molecular weight excluding hydrogens is 332 g/mol. The van der Waals surface area contributed by atoms with Crippen LogP contribution in [0.1, 0.15) is 44.4 Å². The molecule has 0 heterocycles. The van der Waals surface area contributed by atoms with Gasteiger partial charge >= 0.3 is 0 Å². The monoisotopic (exact) mass is 358 g/mol. The number of fused-ring (bicyclic) bond motifs is 1. The number of hydrogen-bond acceptors (Lipinski definition) is 2. The first kappa shape index (κ1) is 18.8. The maximum absolute atomic E-state index is 12.3. The quantitative estimate of drug-likeness (QED) is 0.504. The molecule has 0 aromatic heterocycles. The van der Waals surface area contributed by atoms with Gasteiger partial charge in [-0.1, -0.05) is 87.5 Å². The minimum absolute atomic E-state index is 0.112. The molecule has 0 atom stereocenters. The van der Waals surface area contributed by atoms with Crippen LogP contribution in [-0.4, -0.2) is 11.6 Å². The van der Waals surface area contributed by atoms with E-state index in [1.807, 2.05) is 43.3 Å². The highest BCUT2D eigenvalue weighted by molar-refractivity contribution is 6.09. The van der Waals surface area contributed by atoms with Gasteiger partial charge in [0.2, 0.25) is 5.91 Å². The van der Waals surface area contributed by atoms with Gasteiger partial charge in [-0.3, -0.25) is 4.79 Å². The lowest BCUT2D eigenvalue weighted by atomic mass is 9.86. The molecule has 3 rings (SSSR count). The van der Waals surface area contributed by atoms with E-state index in [0.717, 1.165) is 27.6 Å². The van der Waals surface area contributed by atoms with E-state index in [0.29, 0.717) is 6.42 Å². The summed E-state index contributed by atoms with van der Waals surface area (Å²) in [6, 6.07) is 22.5. The summed E-state index contributed by atoms with van der Waals surface area (Å²) in [6.07, 6.45) is 0.316. The minimum Gasteiger partial charge on any atom is -0.273 e. The number of hydrazone groups is 1. The number of hydrogen-bond donors (Lipinski definition) is 1. The van der Waals surface area contributed by atoms with Gasteiger partial charge in [0, 0.05) is 5.56 Å². The van der Waals surface area contributed by atoms with E-state index in [2.05, 4.69) is 61.6 Å². The van der Waals surface area contributed by atoms with E-state index in [9.17, 15) is 4.79 Å². The summed E-state index contributed by atoms with van der Waals surface area (Å²) >= 11 is 0. The molecule has 3 heteroatoms. The molecule has 0 aliphatic heterocycles. The molecule has 3 aromatic rings. The van der Waals surface area contributed by atoms with Gasteiger partial charge in [-0.15, -0.1) is 0 Å². The van der Waals surface area contributed by atoms with Gasteiger partial charge in [-0.05, 0) is 34.2 Å². The third kappa shape index (κ3) is 4.62. The Morgan fingerprint density at radius 2 is 1.59 bits per heavy atom. The predicted molar refractivity (Wildman–Crippen MR) is 113 cm³/mol. The van der Waals surface area contributed by atoms with Crippen LogP contribution in [0.15, 0.2) is 71.8 Å². The van der Waals surface area contributed by atoms with Gasteiger partial charge in [0.1, 0.15) is 0 Å². The van der Waals surface area contributed by atoms with Crippen LogP contribution in [0.25, 0.3) is 10.8 Å². The summed E-state index contributed by atoms with van der Waals surface area (Å²) in [5.74, 6) is -0.113. The third-order valence-electron chi connectivity index (χ3n) is 4.71. The smallest absolute Gasteiger partial charge is 0.244 e. The molecule has 3 nitrogen and oxygen atoms in total. The molecule has 138 valence electrons. The maximum atomic E-state index is 12.3. The van der Waals surface area contributed by atoms with Crippen molar-refractivity contribution in [2.75, 3.05) is 0 Å². The van der Waals surface area contributed by atoms with Crippen LogP contribution in [0.4, 0.5) is 0 Å². The zero-order valence-corrected chi connectivity index (χ0v) is 16.4. The number of carbonyl (C=O) groups is 1. The minimum atomic E-state index is -0.113. The lowest BCUT2D eigenvalue weighted by molar-refractivity contribution is -0.120. The summed E-state index contributed by atoms with van der Waals surface area (Å²) in [5, 5.41) is 6.61. The highest BCUT2D eigenvalue weighted by Gasteiger charge is 2.13. The van der Waals surface area contributed by atoms with E-state index in [1.165, 1.54) is 5.56 Å². The molecule has 27 heavy (non-hydrogen) atoms. The van der Waals surface area contributed by atoms with E-state index in [1.54, 1.807) is 0 Å². The van der Waals surface area contributed by atoms with Crippen molar-refractivity contribution in [3.05, 3.63) is 83.4 Å². The van der Waals surface area contributed by atoms with Crippen molar-refractivity contribution in [3.8, 4) is 0 Å². The highest BCUT2D eigenvalue weighted by Crippen LogP contribution is 2.22. The molecule has 0 radical (unpaired) electrons. The topological polar surface area (TPSA) is 41.5 Å². The summed E-state index contributed by atoms with van der Waals surface area (Å²) in [4.78, 5) is 12.3. The van der Waals surface area contributed by atoms with Gasteiger partial charge in [-0.25, -0.2) is 5.43 Å². The highest BCUT2D eigenvalue weighted by atomic mass is 16.2. The molecule has 0 saturated carbocycles. The zero-order valence-electron chi connectivity index (χ0n) is 16.4. The average molecular weight is 358 g/mol. The number of rotatable bonds is 4. The Hall–Kier alpha value is -2.94. The molecule has 0 aliphatic rings. The van der Waals surface area contributed by atoms with Gasteiger partial charge in [0.15, 0.2) is 0 Å². The molecule has 0 aliphatic carbocycles. The Morgan fingerprint density at radius 3 is 2.30 bits per heavy atom. The average Bonchev–Trinajstić information content (AvgIpc) is 2.65. The van der Waals surface area contributed by atoms with Crippen molar-refractivity contribution < 1.29 is 4.79 Å². The van der Waals surface area contributed by atoms with Crippen molar-refractivity contribution in [2.24, 2.45) is 5.10 Å². The molecule has 3 aromatic carbocycles. The first-order valence-corrected chi connectivity index (χ1v) is 9.25. The lowest BCUT2D eigenvalue weighted by Crippen LogP contribution is -2.21. The summed E-state index contributed by atoms with van der Waals surface area (Å²) < 4.78 is 0. The molecule has 0 spiro atoms. The normalized spacial score (nSPS) is 12.2. The van der Waals surface area contributed by atoms with E-state index < -0.39 is 0 Å². The van der Waals surface area contributed by atoms with Crippen molar-refractivity contribution in [1.82, 2.24) is 5.43 Å². The molecule has 0 saturated heterocycles. The summed E-state index contributed by atoms with van der Waals surface area (Å²) in [5.41, 5.74) is 6.87. The van der Waals surface area contributed by atoms with Gasteiger partial charge < -0.3 is 0 Å². The SMILES string of the molecule is CC(=NNC(=O)Cc1ccc(C(C)(C)C)cc1)c1cccc2ccccc12. The van der Waals surface area contributed by atoms with Crippen LogP contribution in [0.3, 0.4) is 0 Å². The second kappa shape index (κ2) is 7.75. The molecule has 0 fully saturated rings. The van der Waals surface area contributed by atoms with Gasteiger partial charge in [0.05, 0.1) is 12.1 Å². The largest absolute Gasteiger partial charge is 0.273 e. The third-order valence-corrected chi connectivity index (χ3v) is 4.71. The zero-order chi connectivity index (χ0) is 19.4. The lowest BCUT2D eigenvalue weighted by Gasteiger charge is -2.19. The Balaban J connectivity index is 1.69. The van der Waals surface area contributed by atoms with Crippen molar-refractivity contribution in [2.45, 2.75) is 39.5 Å². The molecular formula is C24H26N2O. The second-order valence-electron chi connectivity index (χ2n) is 7.88. The first-order valence-electron chi connectivity index (χ1n) is 9.25. The maximum Gasteiger partial charge on any atom is 0.244 e. The fourth-order valence-electron chi connectivity index (χ4n) is 3.09. The van der Waals surface area contributed by atoms with Crippen LogP contribution in [-0.2, 0) is 16.6 Å².